The molecule has 0 bridgehead atoms. The first kappa shape index (κ1) is 25.3. The van der Waals surface area contributed by atoms with E-state index < -0.39 is 5.41 Å². The van der Waals surface area contributed by atoms with Gasteiger partial charge in [0.1, 0.15) is 16.2 Å². The van der Waals surface area contributed by atoms with Gasteiger partial charge in [-0.2, -0.15) is 0 Å². The molecule has 0 aliphatic rings. The fourth-order valence-electron chi connectivity index (χ4n) is 3.51. The molecule has 0 saturated carbocycles. The van der Waals surface area contributed by atoms with Gasteiger partial charge in [0.05, 0.1) is 18.6 Å². The van der Waals surface area contributed by atoms with Gasteiger partial charge >= 0.3 is 0 Å². The molecule has 6 nitrogen and oxygen atoms in total. The van der Waals surface area contributed by atoms with Crippen LogP contribution in [0.15, 0.2) is 58.5 Å². The zero-order valence-corrected chi connectivity index (χ0v) is 22.8. The molecule has 9 heteroatoms. The number of ether oxygens (including phenoxy) is 1. The molecule has 0 spiro atoms. The Morgan fingerprint density at radius 2 is 1.80 bits per heavy atom. The van der Waals surface area contributed by atoms with Gasteiger partial charge in [0.25, 0.3) is 5.56 Å². The topological polar surface area (TPSA) is 66.1 Å². The third kappa shape index (κ3) is 4.98. The van der Waals surface area contributed by atoms with Crippen LogP contribution in [0.3, 0.4) is 0 Å². The smallest absolute Gasteiger partial charge is 0.278 e. The quantitative estimate of drug-likeness (QED) is 0.162. The molecular formula is C26H27N3O3S3. The normalized spacial score (nSPS) is 11.7. The number of carbonyl (C=O) groups excluding carboxylic acids is 1. The Balaban J connectivity index is 1.97. The van der Waals surface area contributed by atoms with E-state index in [0.717, 1.165) is 12.1 Å². The van der Waals surface area contributed by atoms with Gasteiger partial charge in [-0.3, -0.25) is 18.7 Å². The number of nitrogens with zero attached hydrogens (tertiary/aromatic N) is 3. The standard InChI is InChI=1S/C26H27N3O3S3/c1-6-16-11-13-17(14-12-16)28-22-21(35-25(28)33)23(31)29(18-9-7-8-10-19(18)32-5)24(27-22)34-15-20(30)26(2,3)4/h7-14H,6,15H2,1-5H3. The zero-order chi connectivity index (χ0) is 25.3. The van der Waals surface area contributed by atoms with Gasteiger partial charge < -0.3 is 4.74 Å². The van der Waals surface area contributed by atoms with Crippen molar-refractivity contribution < 1.29 is 9.53 Å². The van der Waals surface area contributed by atoms with Crippen LogP contribution in [-0.4, -0.2) is 32.8 Å². The summed E-state index contributed by atoms with van der Waals surface area (Å²) in [5.74, 6) is 0.797. The minimum atomic E-state index is -0.496. The molecule has 0 atom stereocenters. The Morgan fingerprint density at radius 3 is 2.43 bits per heavy atom. The molecule has 2 aromatic carbocycles. The molecule has 0 unspecified atom stereocenters. The number of para-hydroxylation sites is 2. The summed E-state index contributed by atoms with van der Waals surface area (Å²) in [6.07, 6.45) is 0.931. The summed E-state index contributed by atoms with van der Waals surface area (Å²) in [6, 6.07) is 15.4. The van der Waals surface area contributed by atoms with Crippen molar-refractivity contribution in [1.29, 1.82) is 0 Å². The number of hydrogen-bond acceptors (Lipinski definition) is 7. The van der Waals surface area contributed by atoms with Crippen LogP contribution in [0, 0.1) is 9.37 Å². The Labute approximate surface area is 217 Å². The lowest BCUT2D eigenvalue weighted by atomic mass is 9.92. The van der Waals surface area contributed by atoms with Crippen LogP contribution >= 0.6 is 35.3 Å². The fraction of sp³-hybridized carbons (Fsp3) is 0.308. The van der Waals surface area contributed by atoms with Crippen LogP contribution in [0.25, 0.3) is 21.7 Å². The van der Waals surface area contributed by atoms with Gasteiger partial charge in [-0.25, -0.2) is 4.98 Å². The maximum absolute atomic E-state index is 13.9. The fourth-order valence-corrected chi connectivity index (χ4v) is 5.98. The molecule has 0 saturated heterocycles. The predicted octanol–water partition coefficient (Wildman–Crippen LogP) is 6.25. The minimum absolute atomic E-state index is 0.0701. The highest BCUT2D eigenvalue weighted by Gasteiger charge is 2.25. The Hall–Kier alpha value is -2.75. The molecule has 0 aliphatic heterocycles. The number of methoxy groups -OCH3 is 1. The summed E-state index contributed by atoms with van der Waals surface area (Å²) in [5.41, 5.74) is 2.38. The number of aryl methyl sites for hydroxylation is 1. The van der Waals surface area contributed by atoms with Crippen LogP contribution in [0.1, 0.15) is 33.3 Å². The summed E-state index contributed by atoms with van der Waals surface area (Å²) in [4.78, 5) is 31.5. The van der Waals surface area contributed by atoms with E-state index in [1.807, 2.05) is 67.8 Å². The molecule has 182 valence electrons. The summed E-state index contributed by atoms with van der Waals surface area (Å²) >= 11 is 8.15. The van der Waals surface area contributed by atoms with Crippen molar-refractivity contribution >= 4 is 51.4 Å². The predicted molar refractivity (Wildman–Crippen MR) is 146 cm³/mol. The van der Waals surface area contributed by atoms with Crippen molar-refractivity contribution in [1.82, 2.24) is 14.1 Å². The van der Waals surface area contributed by atoms with E-state index in [1.54, 1.807) is 13.2 Å². The molecule has 4 aromatic rings. The highest BCUT2D eigenvalue weighted by Crippen LogP contribution is 2.31. The first-order chi connectivity index (χ1) is 16.7. The number of thiazole rings is 1. The zero-order valence-electron chi connectivity index (χ0n) is 20.3. The van der Waals surface area contributed by atoms with Crippen LogP contribution in [0.5, 0.6) is 5.75 Å². The monoisotopic (exact) mass is 525 g/mol. The van der Waals surface area contributed by atoms with Crippen LogP contribution in [0.4, 0.5) is 0 Å². The molecule has 2 heterocycles. The van der Waals surface area contributed by atoms with Crippen molar-refractivity contribution in [2.24, 2.45) is 5.41 Å². The summed E-state index contributed by atoms with van der Waals surface area (Å²) < 4.78 is 9.88. The van der Waals surface area contributed by atoms with Crippen molar-refractivity contribution in [2.75, 3.05) is 12.9 Å². The lowest BCUT2D eigenvalue weighted by Gasteiger charge is -2.18. The number of Topliss-reactive ketones (excluding diaryl/α,β-unsaturated/α-hetero) is 1. The maximum Gasteiger partial charge on any atom is 0.278 e. The average Bonchev–Trinajstić information content (AvgIpc) is 3.18. The highest BCUT2D eigenvalue weighted by atomic mass is 32.2. The van der Waals surface area contributed by atoms with E-state index in [-0.39, 0.29) is 17.1 Å². The van der Waals surface area contributed by atoms with Gasteiger partial charge in [0.15, 0.2) is 14.8 Å². The van der Waals surface area contributed by atoms with Gasteiger partial charge in [-0.15, -0.1) is 0 Å². The Kier molecular flexibility index (Phi) is 7.30. The number of ketones is 1. The molecular weight excluding hydrogens is 499 g/mol. The summed E-state index contributed by atoms with van der Waals surface area (Å²) in [5, 5.41) is 0.413. The van der Waals surface area contributed by atoms with Crippen molar-refractivity contribution in [3.8, 4) is 17.1 Å². The Morgan fingerprint density at radius 1 is 1.11 bits per heavy atom. The molecule has 35 heavy (non-hydrogen) atoms. The molecule has 0 aliphatic carbocycles. The van der Waals surface area contributed by atoms with Gasteiger partial charge in [-0.1, -0.05) is 75.1 Å². The molecule has 4 rings (SSSR count). The van der Waals surface area contributed by atoms with Crippen LogP contribution in [0.2, 0.25) is 0 Å². The molecule has 0 fully saturated rings. The van der Waals surface area contributed by atoms with Crippen LogP contribution < -0.4 is 10.3 Å². The number of hydrogen-bond donors (Lipinski definition) is 0. The van der Waals surface area contributed by atoms with Crippen molar-refractivity contribution in [3.63, 3.8) is 0 Å². The van der Waals surface area contributed by atoms with E-state index in [9.17, 15) is 9.59 Å². The van der Waals surface area contributed by atoms with Gasteiger partial charge in [0, 0.05) is 11.1 Å². The number of aromatic nitrogens is 3. The van der Waals surface area contributed by atoms with Gasteiger partial charge in [-0.05, 0) is 48.5 Å². The van der Waals surface area contributed by atoms with Crippen molar-refractivity contribution in [3.05, 3.63) is 68.4 Å². The lowest BCUT2D eigenvalue weighted by molar-refractivity contribution is -0.123. The summed E-state index contributed by atoms with van der Waals surface area (Å²) in [7, 11) is 1.56. The SMILES string of the molecule is CCc1ccc(-n2c(=S)sc3c(=O)n(-c4ccccc4OC)c(SCC(=O)C(C)(C)C)nc32)cc1. The second kappa shape index (κ2) is 10.1. The second-order valence-electron chi connectivity index (χ2n) is 9.04. The average molecular weight is 526 g/mol. The van der Waals surface area contributed by atoms with E-state index >= 15 is 0 Å². The number of rotatable bonds is 7. The first-order valence-electron chi connectivity index (χ1n) is 11.2. The van der Waals surface area contributed by atoms with E-state index in [0.29, 0.717) is 30.9 Å². The number of thioether (sulfide) groups is 1. The molecule has 2 aromatic heterocycles. The number of carbonyl (C=O) groups is 1. The second-order valence-corrected chi connectivity index (χ2v) is 11.6. The third-order valence-corrected chi connectivity index (χ3v) is 7.96. The highest BCUT2D eigenvalue weighted by molar-refractivity contribution is 7.99. The van der Waals surface area contributed by atoms with E-state index in [1.165, 1.54) is 33.2 Å². The summed E-state index contributed by atoms with van der Waals surface area (Å²) in [6.45, 7) is 7.76. The molecule has 0 amide bonds. The van der Waals surface area contributed by atoms with Crippen LogP contribution in [-0.2, 0) is 11.2 Å². The molecule has 0 radical (unpaired) electrons. The number of benzene rings is 2. The lowest BCUT2D eigenvalue weighted by Crippen LogP contribution is -2.25. The van der Waals surface area contributed by atoms with E-state index in [4.69, 9.17) is 21.9 Å². The van der Waals surface area contributed by atoms with Crippen molar-refractivity contribution in [2.45, 2.75) is 39.3 Å². The largest absolute Gasteiger partial charge is 0.495 e. The van der Waals surface area contributed by atoms with E-state index in [2.05, 4.69) is 6.92 Å². The Bertz CT molecular complexity index is 1510. The van der Waals surface area contributed by atoms with Gasteiger partial charge in [0.2, 0.25) is 0 Å². The first-order valence-corrected chi connectivity index (χ1v) is 13.4. The number of fused-ring (bicyclic) bond motifs is 1. The molecule has 0 N–H and O–H groups in total. The minimum Gasteiger partial charge on any atom is -0.495 e. The maximum atomic E-state index is 13.9. The third-order valence-electron chi connectivity index (χ3n) is 5.67.